The lowest BCUT2D eigenvalue weighted by molar-refractivity contribution is -0.146. The van der Waals surface area contributed by atoms with Crippen molar-refractivity contribution in [2.75, 3.05) is 33.4 Å². The van der Waals surface area contributed by atoms with Gasteiger partial charge in [0.25, 0.3) is 0 Å². The van der Waals surface area contributed by atoms with Crippen molar-refractivity contribution in [1.82, 2.24) is 4.90 Å². The van der Waals surface area contributed by atoms with Gasteiger partial charge >= 0.3 is 5.97 Å². The summed E-state index contributed by atoms with van der Waals surface area (Å²) in [6.45, 7) is 6.22. The van der Waals surface area contributed by atoms with Crippen LogP contribution >= 0.6 is 0 Å². The third kappa shape index (κ3) is 5.42. The molecule has 1 fully saturated rings. The fourth-order valence-electron chi connectivity index (χ4n) is 2.17. The van der Waals surface area contributed by atoms with E-state index in [9.17, 15) is 9.59 Å². The van der Waals surface area contributed by atoms with E-state index >= 15 is 0 Å². The van der Waals surface area contributed by atoms with E-state index < -0.39 is 0 Å². The van der Waals surface area contributed by atoms with Crippen LogP contribution in [0.1, 0.15) is 25.7 Å². The fraction of sp³-hybridized carbons (Fsp3) is 0.714. The second-order valence-corrected chi connectivity index (χ2v) is 4.63. The Morgan fingerprint density at radius 1 is 1.42 bits per heavy atom. The lowest BCUT2D eigenvalue weighted by atomic mass is 9.98. The monoisotopic (exact) mass is 269 g/mol. The van der Waals surface area contributed by atoms with E-state index in [1.165, 1.54) is 7.11 Å². The SMILES string of the molecule is C=CCC(CCCC(=O)N1CCOCC1)C(=O)OC. The smallest absolute Gasteiger partial charge is 0.308 e. The van der Waals surface area contributed by atoms with E-state index in [-0.39, 0.29) is 17.8 Å². The molecule has 1 unspecified atom stereocenters. The summed E-state index contributed by atoms with van der Waals surface area (Å²) in [5.41, 5.74) is 0. The minimum Gasteiger partial charge on any atom is -0.469 e. The molecule has 0 aliphatic carbocycles. The summed E-state index contributed by atoms with van der Waals surface area (Å²) < 4.78 is 9.94. The molecule has 1 atom stereocenters. The summed E-state index contributed by atoms with van der Waals surface area (Å²) in [4.78, 5) is 25.2. The summed E-state index contributed by atoms with van der Waals surface area (Å²) in [5, 5.41) is 0. The number of carbonyl (C=O) groups excluding carboxylic acids is 2. The second-order valence-electron chi connectivity index (χ2n) is 4.63. The van der Waals surface area contributed by atoms with E-state index in [2.05, 4.69) is 6.58 Å². The van der Waals surface area contributed by atoms with Gasteiger partial charge in [0.1, 0.15) is 0 Å². The average molecular weight is 269 g/mol. The third-order valence-corrected chi connectivity index (χ3v) is 3.29. The molecule has 5 heteroatoms. The Bertz CT molecular complexity index is 311. The van der Waals surface area contributed by atoms with Gasteiger partial charge in [-0.3, -0.25) is 9.59 Å². The maximum Gasteiger partial charge on any atom is 0.308 e. The van der Waals surface area contributed by atoms with Crippen LogP contribution in [0.2, 0.25) is 0 Å². The maximum atomic E-state index is 11.9. The van der Waals surface area contributed by atoms with Gasteiger partial charge in [0.2, 0.25) is 5.91 Å². The van der Waals surface area contributed by atoms with Gasteiger partial charge in [-0.05, 0) is 19.3 Å². The minimum atomic E-state index is -0.223. The lowest BCUT2D eigenvalue weighted by Gasteiger charge is -2.27. The van der Waals surface area contributed by atoms with Crippen LogP contribution in [0, 0.1) is 5.92 Å². The van der Waals surface area contributed by atoms with Crippen molar-refractivity contribution in [2.24, 2.45) is 5.92 Å². The van der Waals surface area contributed by atoms with E-state index in [0.29, 0.717) is 52.0 Å². The van der Waals surface area contributed by atoms with Crippen molar-refractivity contribution < 1.29 is 19.1 Å². The Morgan fingerprint density at radius 3 is 2.68 bits per heavy atom. The molecule has 1 heterocycles. The van der Waals surface area contributed by atoms with Crippen LogP contribution in [0.5, 0.6) is 0 Å². The highest BCUT2D eigenvalue weighted by Crippen LogP contribution is 2.16. The molecule has 0 aromatic rings. The minimum absolute atomic E-state index is 0.144. The topological polar surface area (TPSA) is 55.8 Å². The molecular formula is C14H23NO4. The quantitative estimate of drug-likeness (QED) is 0.517. The van der Waals surface area contributed by atoms with Gasteiger partial charge in [-0.2, -0.15) is 0 Å². The molecule has 0 saturated carbocycles. The molecule has 0 aromatic heterocycles. The first-order valence-corrected chi connectivity index (χ1v) is 6.73. The van der Waals surface area contributed by atoms with Crippen molar-refractivity contribution in [1.29, 1.82) is 0 Å². The molecule has 0 N–H and O–H groups in total. The number of ether oxygens (including phenoxy) is 2. The molecule has 1 rings (SSSR count). The molecule has 0 radical (unpaired) electrons. The predicted molar refractivity (Wildman–Crippen MR) is 71.6 cm³/mol. The first-order valence-electron chi connectivity index (χ1n) is 6.73. The van der Waals surface area contributed by atoms with Crippen molar-refractivity contribution >= 4 is 11.9 Å². The van der Waals surface area contributed by atoms with Gasteiger partial charge in [-0.15, -0.1) is 6.58 Å². The number of nitrogens with zero attached hydrogens (tertiary/aromatic N) is 1. The number of allylic oxidation sites excluding steroid dienone is 1. The number of morpholine rings is 1. The van der Waals surface area contributed by atoms with Gasteiger partial charge < -0.3 is 14.4 Å². The number of amides is 1. The molecular weight excluding hydrogens is 246 g/mol. The first kappa shape index (κ1) is 15.7. The molecule has 19 heavy (non-hydrogen) atoms. The van der Waals surface area contributed by atoms with Crippen molar-refractivity contribution in [3.8, 4) is 0 Å². The van der Waals surface area contributed by atoms with E-state index in [0.717, 1.165) is 0 Å². The number of hydrogen-bond acceptors (Lipinski definition) is 4. The summed E-state index contributed by atoms with van der Waals surface area (Å²) >= 11 is 0. The molecule has 1 aliphatic heterocycles. The van der Waals surface area contributed by atoms with Gasteiger partial charge in [0, 0.05) is 19.5 Å². The zero-order valence-electron chi connectivity index (χ0n) is 11.6. The highest BCUT2D eigenvalue weighted by Gasteiger charge is 2.20. The molecule has 108 valence electrons. The highest BCUT2D eigenvalue weighted by atomic mass is 16.5. The van der Waals surface area contributed by atoms with Crippen LogP contribution in [-0.4, -0.2) is 50.2 Å². The summed E-state index contributed by atoms with van der Waals surface area (Å²) in [6.07, 6.45) is 4.15. The molecule has 5 nitrogen and oxygen atoms in total. The van der Waals surface area contributed by atoms with Crippen LogP contribution in [-0.2, 0) is 19.1 Å². The highest BCUT2D eigenvalue weighted by molar-refractivity contribution is 5.76. The average Bonchev–Trinajstić information content (AvgIpc) is 2.46. The van der Waals surface area contributed by atoms with Crippen LogP contribution in [0.25, 0.3) is 0 Å². The predicted octanol–water partition coefficient (Wildman–Crippen LogP) is 1.38. The van der Waals surface area contributed by atoms with Gasteiger partial charge in [0.15, 0.2) is 0 Å². The zero-order valence-corrected chi connectivity index (χ0v) is 11.6. The summed E-state index contributed by atoms with van der Waals surface area (Å²) in [6, 6.07) is 0. The number of esters is 1. The Hall–Kier alpha value is -1.36. The van der Waals surface area contributed by atoms with Crippen LogP contribution in [0.15, 0.2) is 12.7 Å². The molecule has 1 amide bonds. The first-order chi connectivity index (χ1) is 9.19. The van der Waals surface area contributed by atoms with Crippen molar-refractivity contribution in [3.05, 3.63) is 12.7 Å². The Labute approximate surface area is 114 Å². The van der Waals surface area contributed by atoms with Crippen molar-refractivity contribution in [3.63, 3.8) is 0 Å². The third-order valence-electron chi connectivity index (χ3n) is 3.29. The maximum absolute atomic E-state index is 11.9. The van der Waals surface area contributed by atoms with Crippen molar-refractivity contribution in [2.45, 2.75) is 25.7 Å². The normalized spacial score (nSPS) is 16.8. The second kappa shape index (κ2) is 8.69. The Balaban J connectivity index is 2.28. The van der Waals surface area contributed by atoms with Crippen LogP contribution in [0.3, 0.4) is 0 Å². The number of methoxy groups -OCH3 is 1. The fourth-order valence-corrected chi connectivity index (χ4v) is 2.17. The van der Waals surface area contributed by atoms with Crippen LogP contribution < -0.4 is 0 Å². The Kier molecular flexibility index (Phi) is 7.18. The van der Waals surface area contributed by atoms with E-state index in [1.807, 2.05) is 4.90 Å². The number of hydrogen-bond donors (Lipinski definition) is 0. The summed E-state index contributed by atoms with van der Waals surface area (Å²) in [7, 11) is 1.39. The van der Waals surface area contributed by atoms with Crippen LogP contribution in [0.4, 0.5) is 0 Å². The molecule has 0 spiro atoms. The largest absolute Gasteiger partial charge is 0.469 e. The number of rotatable bonds is 7. The van der Waals surface area contributed by atoms with E-state index in [4.69, 9.17) is 9.47 Å². The standard InChI is InChI=1S/C14H23NO4/c1-3-5-12(14(17)18-2)6-4-7-13(16)15-8-10-19-11-9-15/h3,12H,1,4-11H2,2H3. The lowest BCUT2D eigenvalue weighted by Crippen LogP contribution is -2.40. The van der Waals surface area contributed by atoms with Gasteiger partial charge in [-0.1, -0.05) is 6.08 Å². The van der Waals surface area contributed by atoms with Gasteiger partial charge in [-0.25, -0.2) is 0 Å². The molecule has 1 aliphatic rings. The summed E-state index contributed by atoms with van der Waals surface area (Å²) in [5.74, 6) is -0.260. The molecule has 0 aromatic carbocycles. The zero-order chi connectivity index (χ0) is 14.1. The molecule has 1 saturated heterocycles. The van der Waals surface area contributed by atoms with E-state index in [1.54, 1.807) is 6.08 Å². The molecule has 0 bridgehead atoms. The Morgan fingerprint density at radius 2 is 2.11 bits per heavy atom. The van der Waals surface area contributed by atoms with Gasteiger partial charge in [0.05, 0.1) is 26.2 Å². The number of carbonyl (C=O) groups is 2.